The first-order valence-corrected chi connectivity index (χ1v) is 10.0. The molecule has 0 aromatic heterocycles. The summed E-state index contributed by atoms with van der Waals surface area (Å²) in [5, 5.41) is 0. The molecule has 1 nitrogen and oxygen atoms in total. The Morgan fingerprint density at radius 1 is 0.889 bits per heavy atom. The minimum absolute atomic E-state index is 0.0602. The fourth-order valence-electron chi connectivity index (χ4n) is 4.80. The van der Waals surface area contributed by atoms with Crippen LogP contribution in [0.3, 0.4) is 0 Å². The van der Waals surface area contributed by atoms with Crippen LogP contribution in [0.15, 0.2) is 18.2 Å². The van der Waals surface area contributed by atoms with Gasteiger partial charge in [-0.1, -0.05) is 31.9 Å². The zero-order valence-corrected chi connectivity index (χ0v) is 15.9. The number of halogens is 3. The Hall–Kier alpha value is -1.97. The first-order chi connectivity index (χ1) is 13.1. The van der Waals surface area contributed by atoms with E-state index in [1.54, 1.807) is 6.92 Å². The molecule has 0 unspecified atom stereocenters. The van der Waals surface area contributed by atoms with Crippen molar-refractivity contribution in [2.24, 2.45) is 5.92 Å². The second-order valence-electron chi connectivity index (χ2n) is 7.76. The molecule has 0 heterocycles. The molecule has 0 aliphatic heterocycles. The fraction of sp³-hybridized carbons (Fsp3) is 0.478. The van der Waals surface area contributed by atoms with E-state index in [9.17, 15) is 8.78 Å². The topological polar surface area (TPSA) is 9.23 Å². The summed E-state index contributed by atoms with van der Waals surface area (Å²) in [6, 6.07) is 5.17. The summed E-state index contributed by atoms with van der Waals surface area (Å²) in [6.07, 6.45) is 6.59. The van der Waals surface area contributed by atoms with Crippen LogP contribution in [0.2, 0.25) is 0 Å². The smallest absolute Gasteiger partial charge is 0.201 e. The Morgan fingerprint density at radius 3 is 2.26 bits per heavy atom. The van der Waals surface area contributed by atoms with Gasteiger partial charge >= 0.3 is 0 Å². The van der Waals surface area contributed by atoms with E-state index in [2.05, 4.69) is 6.92 Å². The minimum Gasteiger partial charge on any atom is -0.491 e. The SMILES string of the molecule is CCCC1CCC(c2ccc3c(c2F)-c2c-3cc(OCC)c(F)c2F)CC1. The lowest BCUT2D eigenvalue weighted by molar-refractivity contribution is 0.304. The molecule has 4 heteroatoms. The van der Waals surface area contributed by atoms with Crippen molar-refractivity contribution >= 4 is 0 Å². The van der Waals surface area contributed by atoms with E-state index in [1.807, 2.05) is 12.1 Å². The van der Waals surface area contributed by atoms with Gasteiger partial charge in [0.15, 0.2) is 11.6 Å². The van der Waals surface area contributed by atoms with Crippen LogP contribution in [-0.2, 0) is 0 Å². The third-order valence-corrected chi connectivity index (χ3v) is 6.17. The van der Waals surface area contributed by atoms with Gasteiger partial charge < -0.3 is 4.74 Å². The maximum absolute atomic E-state index is 15.3. The van der Waals surface area contributed by atoms with Crippen molar-refractivity contribution in [1.82, 2.24) is 0 Å². The van der Waals surface area contributed by atoms with Crippen LogP contribution in [0.5, 0.6) is 5.75 Å². The van der Waals surface area contributed by atoms with E-state index >= 15 is 4.39 Å². The van der Waals surface area contributed by atoms with Gasteiger partial charge in [0.05, 0.1) is 6.61 Å². The van der Waals surface area contributed by atoms with Crippen LogP contribution < -0.4 is 4.74 Å². The highest BCUT2D eigenvalue weighted by molar-refractivity contribution is 6.03. The number of rotatable bonds is 5. The Labute approximate surface area is 158 Å². The van der Waals surface area contributed by atoms with Crippen molar-refractivity contribution in [3.63, 3.8) is 0 Å². The molecule has 2 aliphatic carbocycles. The molecule has 0 radical (unpaired) electrons. The van der Waals surface area contributed by atoms with Crippen molar-refractivity contribution in [1.29, 1.82) is 0 Å². The monoisotopic (exact) mass is 374 g/mol. The van der Waals surface area contributed by atoms with Crippen LogP contribution in [-0.4, -0.2) is 6.61 Å². The molecule has 0 N–H and O–H groups in total. The molecule has 0 saturated heterocycles. The Balaban J connectivity index is 1.65. The first-order valence-electron chi connectivity index (χ1n) is 10.0. The number of ether oxygens (including phenoxy) is 1. The molecular formula is C23H25F3O. The molecule has 2 aliphatic rings. The molecule has 0 atom stereocenters. The fourth-order valence-corrected chi connectivity index (χ4v) is 4.80. The minimum atomic E-state index is -1.04. The lowest BCUT2D eigenvalue weighted by Crippen LogP contribution is -2.16. The standard InChI is InChI=1S/C23H25F3O/c1-3-5-13-6-8-14(9-7-13)15-10-11-16-17-12-18(27-4-2)22(25)23(26)20(17)19(16)21(15)24/h10-14H,3-9H2,1-2H3. The highest BCUT2D eigenvalue weighted by atomic mass is 19.2. The maximum Gasteiger partial charge on any atom is 0.201 e. The van der Waals surface area contributed by atoms with E-state index in [0.717, 1.165) is 31.6 Å². The summed E-state index contributed by atoms with van der Waals surface area (Å²) < 4.78 is 49.2. The zero-order valence-electron chi connectivity index (χ0n) is 15.9. The maximum atomic E-state index is 15.3. The molecule has 0 amide bonds. The molecule has 27 heavy (non-hydrogen) atoms. The normalized spacial score (nSPS) is 20.6. The number of hydrogen-bond acceptors (Lipinski definition) is 1. The summed E-state index contributed by atoms with van der Waals surface area (Å²) >= 11 is 0. The van der Waals surface area contributed by atoms with Gasteiger partial charge in [-0.25, -0.2) is 8.78 Å². The summed E-state index contributed by atoms with van der Waals surface area (Å²) in [5.41, 5.74) is 2.13. The van der Waals surface area contributed by atoms with Gasteiger partial charge in [0.25, 0.3) is 0 Å². The largest absolute Gasteiger partial charge is 0.491 e. The molecule has 1 saturated carbocycles. The van der Waals surface area contributed by atoms with E-state index in [-0.39, 0.29) is 35.2 Å². The number of hydrogen-bond donors (Lipinski definition) is 0. The summed E-state index contributed by atoms with van der Waals surface area (Å²) in [7, 11) is 0. The second kappa shape index (κ2) is 7.21. The van der Waals surface area contributed by atoms with Crippen LogP contribution in [0.4, 0.5) is 13.2 Å². The van der Waals surface area contributed by atoms with E-state index < -0.39 is 11.6 Å². The predicted octanol–water partition coefficient (Wildman–Crippen LogP) is 7.22. The molecule has 2 aromatic carbocycles. The zero-order chi connectivity index (χ0) is 19.1. The lowest BCUT2D eigenvalue weighted by atomic mass is 9.73. The number of fused-ring (bicyclic) bond motifs is 4. The average Bonchev–Trinajstić information content (AvgIpc) is 2.65. The van der Waals surface area contributed by atoms with Crippen molar-refractivity contribution in [3.05, 3.63) is 41.2 Å². The van der Waals surface area contributed by atoms with Gasteiger partial charge in [-0.3, -0.25) is 0 Å². The van der Waals surface area contributed by atoms with Crippen molar-refractivity contribution in [3.8, 4) is 28.0 Å². The quantitative estimate of drug-likeness (QED) is 0.458. The summed E-state index contributed by atoms with van der Waals surface area (Å²) in [6.45, 7) is 4.16. The average molecular weight is 374 g/mol. The van der Waals surface area contributed by atoms with Crippen LogP contribution in [0, 0.1) is 23.4 Å². The van der Waals surface area contributed by atoms with E-state index in [4.69, 9.17) is 4.74 Å². The highest BCUT2D eigenvalue weighted by Crippen LogP contribution is 2.54. The molecule has 0 bridgehead atoms. The third-order valence-electron chi connectivity index (χ3n) is 6.17. The highest BCUT2D eigenvalue weighted by Gasteiger charge is 2.35. The molecular weight excluding hydrogens is 349 g/mol. The van der Waals surface area contributed by atoms with Crippen LogP contribution in [0.25, 0.3) is 22.3 Å². The van der Waals surface area contributed by atoms with Crippen LogP contribution in [0.1, 0.15) is 63.9 Å². The van der Waals surface area contributed by atoms with Gasteiger partial charge in [0.1, 0.15) is 5.82 Å². The second-order valence-corrected chi connectivity index (χ2v) is 7.76. The van der Waals surface area contributed by atoms with Gasteiger partial charge in [0.2, 0.25) is 5.82 Å². The third kappa shape index (κ3) is 2.94. The van der Waals surface area contributed by atoms with Crippen molar-refractivity contribution < 1.29 is 17.9 Å². The van der Waals surface area contributed by atoms with Crippen molar-refractivity contribution in [2.75, 3.05) is 6.61 Å². The predicted molar refractivity (Wildman–Crippen MR) is 102 cm³/mol. The van der Waals surface area contributed by atoms with Gasteiger partial charge in [0, 0.05) is 11.1 Å². The lowest BCUT2D eigenvalue weighted by Gasteiger charge is -2.32. The van der Waals surface area contributed by atoms with Gasteiger partial charge in [-0.15, -0.1) is 0 Å². The molecule has 144 valence electrons. The molecule has 4 rings (SSSR count). The number of benzene rings is 2. The Kier molecular flexibility index (Phi) is 4.92. The van der Waals surface area contributed by atoms with Crippen molar-refractivity contribution in [2.45, 2.75) is 58.3 Å². The van der Waals surface area contributed by atoms with Gasteiger partial charge in [-0.05, 0) is 67.2 Å². The van der Waals surface area contributed by atoms with Gasteiger partial charge in [-0.2, -0.15) is 4.39 Å². The summed E-state index contributed by atoms with van der Waals surface area (Å²) in [4.78, 5) is 0. The Bertz CT molecular complexity index is 867. The molecule has 1 fully saturated rings. The summed E-state index contributed by atoms with van der Waals surface area (Å²) in [5.74, 6) is -1.62. The van der Waals surface area contributed by atoms with E-state index in [1.165, 1.54) is 18.9 Å². The molecule has 0 spiro atoms. The molecule has 2 aromatic rings. The Morgan fingerprint density at radius 2 is 1.59 bits per heavy atom. The van der Waals surface area contributed by atoms with Crippen LogP contribution >= 0.6 is 0 Å². The van der Waals surface area contributed by atoms with E-state index in [0.29, 0.717) is 16.7 Å². The first kappa shape index (κ1) is 18.4.